The van der Waals surface area contributed by atoms with E-state index in [-0.39, 0.29) is 0 Å². The van der Waals surface area contributed by atoms with Crippen LogP contribution < -0.4 is 14.1 Å². The highest BCUT2D eigenvalue weighted by atomic mass is 35.5. The third kappa shape index (κ3) is 3.57. The molecule has 7 heteroatoms. The zero-order valence-electron chi connectivity index (χ0n) is 10.6. The monoisotopic (exact) mass is 294 g/mol. The molecule has 0 radical (unpaired) electrons. The molecule has 0 heterocycles. The van der Waals surface area contributed by atoms with Crippen LogP contribution in [0.4, 0.5) is 0 Å². The van der Waals surface area contributed by atoms with Gasteiger partial charge in [0, 0.05) is 0 Å². The van der Waals surface area contributed by atoms with Gasteiger partial charge in [-0.15, -0.1) is 0 Å². The zero-order chi connectivity index (χ0) is 14.5. The summed E-state index contributed by atoms with van der Waals surface area (Å²) in [5.74, 6) is 1.82. The summed E-state index contributed by atoms with van der Waals surface area (Å²) in [5, 5.41) is 17.7. The van der Waals surface area contributed by atoms with Gasteiger partial charge in [0.05, 0.1) is 7.11 Å². The summed E-state index contributed by atoms with van der Waals surface area (Å²) >= 11 is 6.12. The zero-order valence-corrected chi connectivity index (χ0v) is 11.4. The molecule has 104 valence electrons. The first kappa shape index (κ1) is 14.5. The second kappa shape index (κ2) is 6.52. The van der Waals surface area contributed by atoms with Crippen molar-refractivity contribution in [1.29, 1.82) is 0 Å². The maximum atomic E-state index is 8.68. The fourth-order valence-electron chi connectivity index (χ4n) is 1.56. The molecule has 0 saturated heterocycles. The molecule has 2 aromatic rings. The number of methoxy groups -OCH3 is 1. The molecule has 0 unspecified atom stereocenters. The standard InChI is InChI=1S/C13H12BClO5/c1-18-11-3-2-4-12(13(11)15)19-9-5-7-10(8-6-9)20-14(16)17/h2-8,16-17H,1H3. The summed E-state index contributed by atoms with van der Waals surface area (Å²) in [6.07, 6.45) is 0. The predicted molar refractivity (Wildman–Crippen MR) is 75.3 cm³/mol. The van der Waals surface area contributed by atoms with Gasteiger partial charge in [0.15, 0.2) is 0 Å². The molecule has 2 N–H and O–H groups in total. The van der Waals surface area contributed by atoms with Crippen LogP contribution in [0.5, 0.6) is 23.0 Å². The Morgan fingerprint density at radius 1 is 0.950 bits per heavy atom. The number of halogens is 1. The van der Waals surface area contributed by atoms with Gasteiger partial charge in [-0.2, -0.15) is 0 Å². The first-order valence-corrected chi connectivity index (χ1v) is 6.11. The van der Waals surface area contributed by atoms with E-state index in [0.717, 1.165) is 0 Å². The normalized spacial score (nSPS) is 10.0. The van der Waals surface area contributed by atoms with Crippen molar-refractivity contribution in [3.8, 4) is 23.0 Å². The molecular formula is C13H12BClO5. The largest absolute Gasteiger partial charge is 0.707 e. The van der Waals surface area contributed by atoms with Crippen LogP contribution in [0.25, 0.3) is 0 Å². The van der Waals surface area contributed by atoms with Crippen LogP contribution in [0.15, 0.2) is 42.5 Å². The molecule has 0 amide bonds. The lowest BCUT2D eigenvalue weighted by Crippen LogP contribution is -2.20. The van der Waals surface area contributed by atoms with Gasteiger partial charge in [-0.3, -0.25) is 0 Å². The van der Waals surface area contributed by atoms with Gasteiger partial charge in [-0.05, 0) is 36.4 Å². The number of ether oxygens (including phenoxy) is 2. The fraction of sp³-hybridized carbons (Fsp3) is 0.0769. The quantitative estimate of drug-likeness (QED) is 0.829. The van der Waals surface area contributed by atoms with Crippen molar-refractivity contribution in [3.05, 3.63) is 47.5 Å². The Labute approximate surface area is 121 Å². The van der Waals surface area contributed by atoms with Crippen molar-refractivity contribution in [3.63, 3.8) is 0 Å². The fourth-order valence-corrected chi connectivity index (χ4v) is 1.80. The summed E-state index contributed by atoms with van der Waals surface area (Å²) in [6.45, 7) is 0. The predicted octanol–water partition coefficient (Wildman–Crippen LogP) is 2.49. The van der Waals surface area contributed by atoms with Crippen LogP contribution in [0.3, 0.4) is 0 Å². The van der Waals surface area contributed by atoms with Gasteiger partial charge in [-0.1, -0.05) is 17.7 Å². The maximum Gasteiger partial charge on any atom is 0.707 e. The third-order valence-corrected chi connectivity index (χ3v) is 2.81. The van der Waals surface area contributed by atoms with Gasteiger partial charge in [0.1, 0.15) is 28.0 Å². The molecule has 2 rings (SSSR count). The Morgan fingerprint density at radius 3 is 2.15 bits per heavy atom. The SMILES string of the molecule is COc1cccc(Oc2ccc(OB(O)O)cc2)c1Cl. The van der Waals surface area contributed by atoms with Crippen LogP contribution in [-0.4, -0.2) is 24.5 Å². The summed E-state index contributed by atoms with van der Waals surface area (Å²) in [4.78, 5) is 0. The molecule has 0 aliphatic rings. The molecule has 0 fully saturated rings. The Hall–Kier alpha value is -1.89. The van der Waals surface area contributed by atoms with E-state index in [1.807, 2.05) is 0 Å². The second-order valence-electron chi connectivity index (χ2n) is 3.79. The molecule has 0 saturated carbocycles. The molecule has 2 aromatic carbocycles. The van der Waals surface area contributed by atoms with Crippen molar-refractivity contribution in [2.45, 2.75) is 0 Å². The van der Waals surface area contributed by atoms with E-state index in [2.05, 4.69) is 4.65 Å². The van der Waals surface area contributed by atoms with Crippen molar-refractivity contribution >= 4 is 18.9 Å². The lowest BCUT2D eigenvalue weighted by Gasteiger charge is -2.11. The minimum absolute atomic E-state index is 0.309. The van der Waals surface area contributed by atoms with Crippen LogP contribution >= 0.6 is 11.6 Å². The number of benzene rings is 2. The molecular weight excluding hydrogens is 282 g/mol. The van der Waals surface area contributed by atoms with Gasteiger partial charge >= 0.3 is 7.32 Å². The van der Waals surface area contributed by atoms with E-state index in [9.17, 15) is 0 Å². The number of rotatable bonds is 5. The molecule has 0 aliphatic carbocycles. The highest BCUT2D eigenvalue weighted by molar-refractivity contribution is 6.34. The smallest absolute Gasteiger partial charge is 0.512 e. The first-order chi connectivity index (χ1) is 9.60. The van der Waals surface area contributed by atoms with E-state index in [0.29, 0.717) is 28.0 Å². The van der Waals surface area contributed by atoms with Gasteiger partial charge < -0.3 is 24.2 Å². The van der Waals surface area contributed by atoms with Crippen LogP contribution in [0, 0.1) is 0 Å². The molecule has 0 spiro atoms. The summed E-state index contributed by atoms with van der Waals surface area (Å²) in [6, 6.07) is 11.5. The topological polar surface area (TPSA) is 68.2 Å². The van der Waals surface area contributed by atoms with Crippen LogP contribution in [-0.2, 0) is 0 Å². The number of hydrogen-bond donors (Lipinski definition) is 2. The van der Waals surface area contributed by atoms with Crippen LogP contribution in [0.2, 0.25) is 5.02 Å². The molecule has 0 aliphatic heterocycles. The Morgan fingerprint density at radius 2 is 1.55 bits per heavy atom. The average molecular weight is 294 g/mol. The average Bonchev–Trinajstić information content (AvgIpc) is 2.43. The second-order valence-corrected chi connectivity index (χ2v) is 4.17. The summed E-state index contributed by atoms with van der Waals surface area (Å²) in [7, 11) is -0.327. The molecule has 20 heavy (non-hydrogen) atoms. The highest BCUT2D eigenvalue weighted by Gasteiger charge is 2.12. The van der Waals surface area contributed by atoms with Gasteiger partial charge in [-0.25, -0.2) is 0 Å². The Bertz CT molecular complexity index is 573. The summed E-state index contributed by atoms with van der Waals surface area (Å²) in [5.41, 5.74) is 0. The van der Waals surface area contributed by atoms with Crippen molar-refractivity contribution < 1.29 is 24.2 Å². The molecule has 5 nitrogen and oxygen atoms in total. The van der Waals surface area contributed by atoms with Crippen LogP contribution in [0.1, 0.15) is 0 Å². The summed E-state index contributed by atoms with van der Waals surface area (Å²) < 4.78 is 15.4. The molecule has 0 atom stereocenters. The number of hydrogen-bond acceptors (Lipinski definition) is 5. The Balaban J connectivity index is 2.14. The van der Waals surface area contributed by atoms with Crippen molar-refractivity contribution in [1.82, 2.24) is 0 Å². The molecule has 0 bridgehead atoms. The van der Waals surface area contributed by atoms with E-state index in [1.165, 1.54) is 7.11 Å². The van der Waals surface area contributed by atoms with Gasteiger partial charge in [0.2, 0.25) is 0 Å². The van der Waals surface area contributed by atoms with E-state index < -0.39 is 7.32 Å². The van der Waals surface area contributed by atoms with E-state index >= 15 is 0 Å². The van der Waals surface area contributed by atoms with Crippen molar-refractivity contribution in [2.75, 3.05) is 7.11 Å². The minimum atomic E-state index is -1.85. The van der Waals surface area contributed by atoms with E-state index in [4.69, 9.17) is 31.1 Å². The lowest BCUT2D eigenvalue weighted by molar-refractivity contribution is 0.288. The van der Waals surface area contributed by atoms with Gasteiger partial charge in [0.25, 0.3) is 0 Å². The van der Waals surface area contributed by atoms with E-state index in [1.54, 1.807) is 42.5 Å². The minimum Gasteiger partial charge on any atom is -0.512 e. The lowest BCUT2D eigenvalue weighted by atomic mass is 10.2. The third-order valence-electron chi connectivity index (χ3n) is 2.44. The first-order valence-electron chi connectivity index (χ1n) is 5.73. The maximum absolute atomic E-state index is 8.68. The van der Waals surface area contributed by atoms with Crippen molar-refractivity contribution in [2.24, 2.45) is 0 Å². The highest BCUT2D eigenvalue weighted by Crippen LogP contribution is 2.36. The Kier molecular flexibility index (Phi) is 4.73. The molecule has 0 aromatic heterocycles.